The number of hydrazone groups is 1. The molecule has 2 atom stereocenters. The average molecular weight is 595 g/mol. The van der Waals surface area contributed by atoms with Gasteiger partial charge in [-0.15, -0.1) is 0 Å². The molecular weight excluding hydrogens is 577 g/mol. The lowest BCUT2D eigenvalue weighted by Crippen LogP contribution is -2.61. The Balaban J connectivity index is 1.32. The van der Waals surface area contributed by atoms with Crippen LogP contribution < -0.4 is 10.1 Å². The van der Waals surface area contributed by atoms with E-state index in [0.717, 1.165) is 34.2 Å². The molecule has 3 aliphatic heterocycles. The number of rotatable bonds is 3. The summed E-state index contributed by atoms with van der Waals surface area (Å²) in [6.45, 7) is 0. The van der Waals surface area contributed by atoms with Crippen LogP contribution in [-0.2, 0) is 0 Å². The van der Waals surface area contributed by atoms with Gasteiger partial charge in [0.25, 0.3) is 5.24 Å². The molecular formula is C29H18Cl3N3O3S. The number of thioether (sulfide) groups is 1. The van der Waals surface area contributed by atoms with Gasteiger partial charge >= 0.3 is 5.85 Å². The van der Waals surface area contributed by atoms with Crippen molar-refractivity contribution in [2.45, 2.75) is 18.3 Å². The van der Waals surface area contributed by atoms with Crippen LogP contribution in [0.2, 0.25) is 15.1 Å². The summed E-state index contributed by atoms with van der Waals surface area (Å²) in [4.78, 5) is 13.5. The van der Waals surface area contributed by atoms with Crippen molar-refractivity contribution < 1.29 is 13.9 Å². The van der Waals surface area contributed by atoms with E-state index in [9.17, 15) is 4.79 Å². The minimum atomic E-state index is -1.33. The molecule has 1 aromatic heterocycles. The van der Waals surface area contributed by atoms with Crippen LogP contribution in [0.4, 0.5) is 4.79 Å². The highest BCUT2D eigenvalue weighted by atomic mass is 35.5. The fourth-order valence-electron chi connectivity index (χ4n) is 5.09. The highest BCUT2D eigenvalue weighted by Crippen LogP contribution is 2.52. The van der Waals surface area contributed by atoms with Gasteiger partial charge in [0.15, 0.2) is 0 Å². The summed E-state index contributed by atoms with van der Waals surface area (Å²) >= 11 is 19.6. The van der Waals surface area contributed by atoms with E-state index in [1.54, 1.807) is 24.3 Å². The molecule has 0 aliphatic carbocycles. The Morgan fingerprint density at radius 1 is 0.949 bits per heavy atom. The lowest BCUT2D eigenvalue weighted by molar-refractivity contribution is -0.0949. The van der Waals surface area contributed by atoms with Crippen molar-refractivity contribution in [3.05, 3.63) is 116 Å². The molecule has 1 saturated heterocycles. The van der Waals surface area contributed by atoms with Crippen LogP contribution in [0.1, 0.15) is 29.3 Å². The van der Waals surface area contributed by atoms with Crippen molar-refractivity contribution in [2.24, 2.45) is 5.10 Å². The summed E-state index contributed by atoms with van der Waals surface area (Å²) in [6, 6.07) is 24.2. The Hall–Kier alpha value is -3.36. The molecule has 3 aromatic carbocycles. The van der Waals surface area contributed by atoms with Gasteiger partial charge < -0.3 is 9.15 Å². The van der Waals surface area contributed by atoms with Gasteiger partial charge in [-0.1, -0.05) is 65.1 Å². The summed E-state index contributed by atoms with van der Waals surface area (Å²) in [5.74, 6) is 0.495. The molecule has 1 amide bonds. The molecule has 10 heteroatoms. The Labute approximate surface area is 243 Å². The monoisotopic (exact) mass is 593 g/mol. The topological polar surface area (TPSA) is 67.1 Å². The molecule has 39 heavy (non-hydrogen) atoms. The van der Waals surface area contributed by atoms with E-state index < -0.39 is 5.85 Å². The van der Waals surface area contributed by atoms with Crippen molar-refractivity contribution in [2.75, 3.05) is 0 Å². The van der Waals surface area contributed by atoms with Crippen molar-refractivity contribution in [1.82, 2.24) is 10.3 Å². The number of carbonyl (C=O) groups is 1. The number of halogens is 3. The lowest BCUT2D eigenvalue weighted by Gasteiger charge is -2.44. The molecule has 3 aliphatic rings. The molecule has 2 unspecified atom stereocenters. The van der Waals surface area contributed by atoms with E-state index >= 15 is 0 Å². The van der Waals surface area contributed by atoms with Crippen molar-refractivity contribution in [3.63, 3.8) is 0 Å². The molecule has 194 valence electrons. The lowest BCUT2D eigenvalue weighted by atomic mass is 9.96. The van der Waals surface area contributed by atoms with E-state index in [4.69, 9.17) is 49.1 Å². The van der Waals surface area contributed by atoms with Crippen LogP contribution in [0.25, 0.3) is 17.4 Å². The third-order valence-corrected chi connectivity index (χ3v) is 8.39. The summed E-state index contributed by atoms with van der Waals surface area (Å²) < 4.78 is 12.7. The maximum absolute atomic E-state index is 12.9. The fraction of sp³-hybridized carbons (Fsp3) is 0.103. The number of hydrogen-bond acceptors (Lipinski definition) is 6. The molecule has 0 bridgehead atoms. The van der Waals surface area contributed by atoms with Crippen LogP contribution in [0.3, 0.4) is 0 Å². The van der Waals surface area contributed by atoms with Gasteiger partial charge in [-0.3, -0.25) is 10.1 Å². The van der Waals surface area contributed by atoms with Gasteiger partial charge in [-0.2, -0.15) is 5.10 Å². The zero-order valence-corrected chi connectivity index (χ0v) is 23.1. The number of furan rings is 1. The van der Waals surface area contributed by atoms with Crippen molar-refractivity contribution >= 4 is 63.6 Å². The number of hydrogen-bond donors (Lipinski definition) is 1. The Morgan fingerprint density at radius 3 is 2.51 bits per heavy atom. The molecule has 1 fully saturated rings. The second-order valence-corrected chi connectivity index (χ2v) is 11.6. The summed E-state index contributed by atoms with van der Waals surface area (Å²) in [5.41, 5.74) is 3.58. The largest absolute Gasteiger partial charge is 0.457 e. The third kappa shape index (κ3) is 4.30. The number of nitrogens with one attached hydrogen (secondary N) is 1. The van der Waals surface area contributed by atoms with Crippen LogP contribution in [0, 0.1) is 0 Å². The highest BCUT2D eigenvalue weighted by molar-refractivity contribution is 8.17. The van der Waals surface area contributed by atoms with E-state index in [1.165, 1.54) is 0 Å². The summed E-state index contributed by atoms with van der Waals surface area (Å²) in [5, 5.41) is 11.3. The molecule has 4 aromatic rings. The van der Waals surface area contributed by atoms with Crippen LogP contribution in [-0.4, -0.2) is 21.8 Å². The first-order chi connectivity index (χ1) is 18.9. The molecule has 0 saturated carbocycles. The zero-order valence-electron chi connectivity index (χ0n) is 20.0. The number of benzene rings is 3. The predicted octanol–water partition coefficient (Wildman–Crippen LogP) is 8.60. The SMILES string of the molecule is O=C1NC2(Oc3ccccc3C3CC(c4ccc(Cl)cc4)=NN32)/C(=C/c2ccc(-c3cc(Cl)cc(Cl)c3)o2)S1. The number of amides is 1. The molecule has 0 radical (unpaired) electrons. The average Bonchev–Trinajstić information content (AvgIpc) is 3.63. The summed E-state index contributed by atoms with van der Waals surface area (Å²) in [7, 11) is 0. The van der Waals surface area contributed by atoms with E-state index in [-0.39, 0.29) is 11.3 Å². The van der Waals surface area contributed by atoms with Crippen molar-refractivity contribution in [3.8, 4) is 17.1 Å². The number of fused-ring (bicyclic) bond motifs is 4. The van der Waals surface area contributed by atoms with Crippen LogP contribution in [0.5, 0.6) is 5.75 Å². The van der Waals surface area contributed by atoms with Gasteiger partial charge in [0.05, 0.1) is 16.7 Å². The quantitative estimate of drug-likeness (QED) is 0.257. The van der Waals surface area contributed by atoms with E-state index in [2.05, 4.69) is 5.32 Å². The number of carbonyl (C=O) groups excluding carboxylic acids is 1. The standard InChI is InChI=1S/C29H18Cl3N3O3S/c30-18-7-5-16(6-8-18)23-15-24-22-3-1-2-4-26(22)38-29(35(24)34-23)27(39-28(36)33-29)14-21-9-10-25(37-21)17-11-19(31)13-20(32)12-17/h1-14,24H,15H2,(H,33,36)/b27-14-. The zero-order chi connectivity index (χ0) is 26.7. The molecule has 7 rings (SSSR count). The highest BCUT2D eigenvalue weighted by Gasteiger charge is 2.58. The third-order valence-electron chi connectivity index (χ3n) is 6.80. The molecule has 6 nitrogen and oxygen atoms in total. The normalized spacial score (nSPS) is 22.5. The van der Waals surface area contributed by atoms with Crippen LogP contribution in [0.15, 0.2) is 93.3 Å². The Morgan fingerprint density at radius 2 is 1.72 bits per heavy atom. The first-order valence-electron chi connectivity index (χ1n) is 12.1. The number of ether oxygens (including phenoxy) is 1. The van der Waals surface area contributed by atoms with Gasteiger partial charge in [-0.25, -0.2) is 5.01 Å². The molecule has 4 heterocycles. The number of nitrogens with zero attached hydrogens (tertiary/aromatic N) is 2. The van der Waals surface area contributed by atoms with Crippen LogP contribution >= 0.6 is 46.6 Å². The summed E-state index contributed by atoms with van der Waals surface area (Å²) in [6.07, 6.45) is 2.44. The van der Waals surface area contributed by atoms with Gasteiger partial charge in [0, 0.05) is 32.6 Å². The minimum Gasteiger partial charge on any atom is -0.457 e. The molecule has 1 N–H and O–H groups in total. The van der Waals surface area contributed by atoms with Gasteiger partial charge in [0.2, 0.25) is 0 Å². The van der Waals surface area contributed by atoms with Crippen molar-refractivity contribution in [1.29, 1.82) is 0 Å². The second-order valence-electron chi connectivity index (χ2n) is 9.29. The maximum atomic E-state index is 12.9. The van der Waals surface area contributed by atoms with E-state index in [1.807, 2.05) is 65.7 Å². The minimum absolute atomic E-state index is 0.149. The smallest absolute Gasteiger partial charge is 0.314 e. The van der Waals surface area contributed by atoms with Gasteiger partial charge in [-0.05, 0) is 71.9 Å². The predicted molar refractivity (Wildman–Crippen MR) is 155 cm³/mol. The fourth-order valence-corrected chi connectivity index (χ4v) is 6.63. The maximum Gasteiger partial charge on any atom is 0.314 e. The first-order valence-corrected chi connectivity index (χ1v) is 14.0. The number of para-hydroxylation sites is 1. The Bertz CT molecular complexity index is 1680. The van der Waals surface area contributed by atoms with Gasteiger partial charge in [0.1, 0.15) is 17.3 Å². The first kappa shape index (κ1) is 24.7. The Kier molecular flexibility index (Phi) is 5.93. The van der Waals surface area contributed by atoms with E-state index in [0.29, 0.717) is 43.7 Å². The second kappa shape index (κ2) is 9.38. The molecule has 1 spiro atoms.